The van der Waals surface area contributed by atoms with Gasteiger partial charge in [-0.3, -0.25) is 20.4 Å². The third kappa shape index (κ3) is 5.61. The van der Waals surface area contributed by atoms with Crippen molar-refractivity contribution in [3.05, 3.63) is 75.7 Å². The molecule has 0 aliphatic carbocycles. The first-order valence-corrected chi connectivity index (χ1v) is 11.3. The van der Waals surface area contributed by atoms with Gasteiger partial charge < -0.3 is 4.74 Å². The van der Waals surface area contributed by atoms with Gasteiger partial charge in [-0.05, 0) is 50.1 Å². The Labute approximate surface area is 184 Å². The largest absolute Gasteiger partial charge is 0.481 e. The molecule has 2 aromatic carbocycles. The SMILES string of the molecule is Cc1cccc(O[C@@H](C)C(=O)NNC(=O)c2ccccc2SCc2cscn2)c1C. The van der Waals surface area contributed by atoms with Crippen molar-refractivity contribution in [1.82, 2.24) is 15.8 Å². The number of thiazole rings is 1. The first kappa shape index (κ1) is 21.9. The highest BCUT2D eigenvalue weighted by atomic mass is 32.2. The van der Waals surface area contributed by atoms with Gasteiger partial charge >= 0.3 is 0 Å². The quantitative estimate of drug-likeness (QED) is 0.423. The number of aromatic nitrogens is 1. The van der Waals surface area contributed by atoms with Crippen LogP contribution in [0.2, 0.25) is 0 Å². The molecule has 0 unspecified atom stereocenters. The van der Waals surface area contributed by atoms with Gasteiger partial charge in [0.05, 0.1) is 16.8 Å². The van der Waals surface area contributed by atoms with Crippen molar-refractivity contribution in [3.8, 4) is 5.75 Å². The Bertz CT molecular complexity index is 1020. The highest BCUT2D eigenvalue weighted by Crippen LogP contribution is 2.26. The number of ether oxygens (including phenoxy) is 1. The summed E-state index contributed by atoms with van der Waals surface area (Å²) in [7, 11) is 0. The van der Waals surface area contributed by atoms with Crippen LogP contribution in [0.25, 0.3) is 0 Å². The van der Waals surface area contributed by atoms with Crippen LogP contribution in [0, 0.1) is 13.8 Å². The number of hydrazine groups is 1. The minimum absolute atomic E-state index is 0.385. The molecule has 0 bridgehead atoms. The Hall–Kier alpha value is -2.84. The van der Waals surface area contributed by atoms with Crippen LogP contribution in [-0.4, -0.2) is 22.9 Å². The van der Waals surface area contributed by atoms with Crippen LogP contribution in [0.4, 0.5) is 0 Å². The topological polar surface area (TPSA) is 80.3 Å². The molecule has 2 N–H and O–H groups in total. The number of aryl methyl sites for hydroxylation is 1. The maximum absolute atomic E-state index is 12.6. The number of benzene rings is 2. The molecule has 3 rings (SSSR count). The molecule has 0 saturated carbocycles. The van der Waals surface area contributed by atoms with E-state index in [9.17, 15) is 9.59 Å². The fourth-order valence-corrected chi connectivity index (χ4v) is 4.24. The maximum Gasteiger partial charge on any atom is 0.279 e. The van der Waals surface area contributed by atoms with E-state index in [2.05, 4.69) is 15.8 Å². The number of rotatable bonds is 7. The number of hydrogen-bond donors (Lipinski definition) is 2. The van der Waals surface area contributed by atoms with Crippen molar-refractivity contribution in [1.29, 1.82) is 0 Å². The Morgan fingerprint density at radius 2 is 1.93 bits per heavy atom. The van der Waals surface area contributed by atoms with Crippen LogP contribution < -0.4 is 15.6 Å². The number of carbonyl (C=O) groups is 2. The molecule has 1 heterocycles. The Morgan fingerprint density at radius 1 is 1.13 bits per heavy atom. The van der Waals surface area contributed by atoms with Crippen LogP contribution in [0.5, 0.6) is 5.75 Å². The third-order valence-corrected chi connectivity index (χ3v) is 6.26. The summed E-state index contributed by atoms with van der Waals surface area (Å²) in [5.74, 6) is 0.495. The number of amides is 2. The zero-order valence-electron chi connectivity index (χ0n) is 17.0. The number of nitrogens with zero attached hydrogens (tertiary/aromatic N) is 1. The molecule has 0 saturated heterocycles. The molecule has 0 aliphatic heterocycles. The molecule has 0 radical (unpaired) electrons. The van der Waals surface area contributed by atoms with Gasteiger partial charge in [0.15, 0.2) is 6.10 Å². The molecule has 3 aromatic rings. The molecule has 1 aromatic heterocycles. The summed E-state index contributed by atoms with van der Waals surface area (Å²) in [5, 5.41) is 1.98. The molecule has 0 aliphatic rings. The molecule has 0 fully saturated rings. The highest BCUT2D eigenvalue weighted by Gasteiger charge is 2.18. The van der Waals surface area contributed by atoms with Crippen LogP contribution in [0.3, 0.4) is 0 Å². The van der Waals surface area contributed by atoms with Crippen molar-refractivity contribution >= 4 is 34.9 Å². The van der Waals surface area contributed by atoms with Crippen molar-refractivity contribution < 1.29 is 14.3 Å². The maximum atomic E-state index is 12.6. The second kappa shape index (κ2) is 10.3. The van der Waals surface area contributed by atoms with Gasteiger partial charge in [0.25, 0.3) is 11.8 Å². The van der Waals surface area contributed by atoms with Gasteiger partial charge in [-0.1, -0.05) is 24.3 Å². The summed E-state index contributed by atoms with van der Waals surface area (Å²) >= 11 is 3.06. The molecule has 6 nitrogen and oxygen atoms in total. The molecule has 1 atom stereocenters. The lowest BCUT2D eigenvalue weighted by molar-refractivity contribution is -0.128. The van der Waals surface area contributed by atoms with Crippen molar-refractivity contribution in [2.24, 2.45) is 0 Å². The average Bonchev–Trinajstić information content (AvgIpc) is 3.27. The zero-order valence-corrected chi connectivity index (χ0v) is 18.6. The van der Waals surface area contributed by atoms with E-state index in [1.165, 1.54) is 23.1 Å². The van der Waals surface area contributed by atoms with Crippen LogP contribution >= 0.6 is 23.1 Å². The molecule has 2 amide bonds. The predicted octanol–water partition coefficient (Wildman–Crippen LogP) is 4.28. The molecule has 8 heteroatoms. The predicted molar refractivity (Wildman–Crippen MR) is 120 cm³/mol. The summed E-state index contributed by atoms with van der Waals surface area (Å²) in [4.78, 5) is 30.1. The average molecular weight is 442 g/mol. The Morgan fingerprint density at radius 3 is 2.70 bits per heavy atom. The summed E-state index contributed by atoms with van der Waals surface area (Å²) in [6.07, 6.45) is -0.764. The fourth-order valence-electron chi connectivity index (χ4n) is 2.62. The van der Waals surface area contributed by atoms with Crippen molar-refractivity contribution in [2.45, 2.75) is 37.5 Å². The lowest BCUT2D eigenvalue weighted by Gasteiger charge is -2.17. The van der Waals surface area contributed by atoms with E-state index in [0.717, 1.165) is 21.7 Å². The molecular weight excluding hydrogens is 418 g/mol. The van der Waals surface area contributed by atoms with Gasteiger partial charge in [0.2, 0.25) is 0 Å². The van der Waals surface area contributed by atoms with Crippen LogP contribution in [0.15, 0.2) is 58.3 Å². The lowest BCUT2D eigenvalue weighted by atomic mass is 10.1. The van der Waals surface area contributed by atoms with E-state index in [1.54, 1.807) is 24.6 Å². The summed E-state index contributed by atoms with van der Waals surface area (Å²) in [6.45, 7) is 5.56. The second-order valence-corrected chi connectivity index (χ2v) is 8.40. The Balaban J connectivity index is 1.57. The number of nitrogens with one attached hydrogen (secondary N) is 2. The van der Waals surface area contributed by atoms with E-state index in [1.807, 2.05) is 49.6 Å². The first-order chi connectivity index (χ1) is 14.5. The van der Waals surface area contributed by atoms with Gasteiger partial charge in [-0.2, -0.15) is 0 Å². The van der Waals surface area contributed by atoms with Crippen LogP contribution in [0.1, 0.15) is 34.1 Å². The van der Waals surface area contributed by atoms with Gasteiger partial charge in [0.1, 0.15) is 5.75 Å². The van der Waals surface area contributed by atoms with E-state index >= 15 is 0 Å². The number of carbonyl (C=O) groups excluding carboxylic acids is 2. The molecule has 0 spiro atoms. The number of hydrogen-bond acceptors (Lipinski definition) is 6. The summed E-state index contributed by atoms with van der Waals surface area (Å²) in [6, 6.07) is 12.9. The van der Waals surface area contributed by atoms with E-state index in [4.69, 9.17) is 4.74 Å². The van der Waals surface area contributed by atoms with Gasteiger partial charge in [-0.25, -0.2) is 4.98 Å². The molecular formula is C22H23N3O3S2. The molecule has 156 valence electrons. The second-order valence-electron chi connectivity index (χ2n) is 6.67. The van der Waals surface area contributed by atoms with Crippen molar-refractivity contribution in [3.63, 3.8) is 0 Å². The minimum Gasteiger partial charge on any atom is -0.481 e. The molecule has 30 heavy (non-hydrogen) atoms. The van der Waals surface area contributed by atoms with E-state index < -0.39 is 12.0 Å². The van der Waals surface area contributed by atoms with E-state index in [-0.39, 0.29) is 5.91 Å². The Kier molecular flexibility index (Phi) is 7.48. The highest BCUT2D eigenvalue weighted by molar-refractivity contribution is 7.98. The van der Waals surface area contributed by atoms with Crippen molar-refractivity contribution in [2.75, 3.05) is 0 Å². The van der Waals surface area contributed by atoms with E-state index in [0.29, 0.717) is 17.1 Å². The monoisotopic (exact) mass is 441 g/mol. The summed E-state index contributed by atoms with van der Waals surface area (Å²) < 4.78 is 5.76. The third-order valence-electron chi connectivity index (χ3n) is 4.52. The van der Waals surface area contributed by atoms with Gasteiger partial charge in [-0.15, -0.1) is 23.1 Å². The lowest BCUT2D eigenvalue weighted by Crippen LogP contribution is -2.47. The van der Waals surface area contributed by atoms with Gasteiger partial charge in [0, 0.05) is 16.0 Å². The standard InChI is InChI=1S/C22H23N3O3S2/c1-14-7-6-9-19(15(14)2)28-16(3)21(26)24-25-22(27)18-8-4-5-10-20(18)30-12-17-11-29-13-23-17/h4-11,13,16H,12H2,1-3H3,(H,24,26)(H,25,27)/t16-/m0/s1. The fraction of sp³-hybridized carbons (Fsp3) is 0.227. The number of thioether (sulfide) groups is 1. The minimum atomic E-state index is -0.764. The summed E-state index contributed by atoms with van der Waals surface area (Å²) in [5.41, 5.74) is 10.2. The first-order valence-electron chi connectivity index (χ1n) is 9.37. The van der Waals surface area contributed by atoms with Crippen LogP contribution in [-0.2, 0) is 10.5 Å². The smallest absolute Gasteiger partial charge is 0.279 e. The normalized spacial score (nSPS) is 11.6. The zero-order chi connectivity index (χ0) is 21.5.